The monoisotopic (exact) mass is 260 g/mol. The van der Waals surface area contributed by atoms with Gasteiger partial charge in [-0.15, -0.1) is 10.2 Å². The van der Waals surface area contributed by atoms with E-state index in [0.29, 0.717) is 6.04 Å². The summed E-state index contributed by atoms with van der Waals surface area (Å²) in [6.45, 7) is 1.13. The van der Waals surface area contributed by atoms with E-state index >= 15 is 0 Å². The lowest BCUT2D eigenvalue weighted by Gasteiger charge is -2.24. The van der Waals surface area contributed by atoms with Crippen LogP contribution in [0.2, 0.25) is 0 Å². The van der Waals surface area contributed by atoms with E-state index in [9.17, 15) is 0 Å². The van der Waals surface area contributed by atoms with Gasteiger partial charge in [0, 0.05) is 19.0 Å². The minimum Gasteiger partial charge on any atom is -0.314 e. The number of aryl methyl sites for hydroxylation is 1. The first kappa shape index (κ1) is 11.9. The van der Waals surface area contributed by atoms with Crippen LogP contribution in [0.25, 0.3) is 0 Å². The highest BCUT2D eigenvalue weighted by Crippen LogP contribution is 2.38. The molecule has 1 saturated carbocycles. The minimum absolute atomic E-state index is 0.465. The number of fused-ring (bicyclic) bond motifs is 2. The maximum absolute atomic E-state index is 4.53. The molecule has 3 atom stereocenters. The Morgan fingerprint density at radius 1 is 1.00 bits per heavy atom. The molecule has 19 heavy (non-hydrogen) atoms. The molecule has 0 spiro atoms. The van der Waals surface area contributed by atoms with Gasteiger partial charge in [0.2, 0.25) is 0 Å². The summed E-state index contributed by atoms with van der Waals surface area (Å²) in [5, 5.41) is 12.8. The minimum atomic E-state index is 0.465. The van der Waals surface area contributed by atoms with Crippen molar-refractivity contribution in [2.75, 3.05) is 0 Å². The van der Waals surface area contributed by atoms with Gasteiger partial charge in [-0.25, -0.2) is 0 Å². The predicted molar refractivity (Wildman–Crippen MR) is 73.8 cm³/mol. The molecular weight excluding hydrogens is 236 g/mol. The highest BCUT2D eigenvalue weighted by atomic mass is 15.3. The molecule has 0 aromatic carbocycles. The SMILES string of the molecule is C1CCc2nnc(C3CC4CCCCC4N3)n2CC1. The van der Waals surface area contributed by atoms with Crippen LogP contribution in [0.15, 0.2) is 0 Å². The van der Waals surface area contributed by atoms with Crippen molar-refractivity contribution >= 4 is 0 Å². The molecule has 4 heteroatoms. The molecule has 3 heterocycles. The highest BCUT2D eigenvalue weighted by Gasteiger charge is 2.38. The number of rotatable bonds is 1. The Hall–Kier alpha value is -0.900. The van der Waals surface area contributed by atoms with Gasteiger partial charge >= 0.3 is 0 Å². The van der Waals surface area contributed by atoms with Crippen molar-refractivity contribution in [3.8, 4) is 0 Å². The molecule has 1 aromatic heterocycles. The Balaban J connectivity index is 1.58. The molecule has 2 aliphatic heterocycles. The summed E-state index contributed by atoms with van der Waals surface area (Å²) in [6, 6.07) is 1.21. The zero-order chi connectivity index (χ0) is 12.7. The second-order valence-corrected chi connectivity index (χ2v) is 6.54. The maximum atomic E-state index is 4.53. The maximum Gasteiger partial charge on any atom is 0.150 e. The second-order valence-electron chi connectivity index (χ2n) is 6.54. The van der Waals surface area contributed by atoms with Crippen molar-refractivity contribution in [2.45, 2.75) is 76.4 Å². The van der Waals surface area contributed by atoms with E-state index in [2.05, 4.69) is 20.1 Å². The molecule has 1 saturated heterocycles. The van der Waals surface area contributed by atoms with Crippen molar-refractivity contribution < 1.29 is 0 Å². The van der Waals surface area contributed by atoms with Crippen LogP contribution < -0.4 is 5.32 Å². The van der Waals surface area contributed by atoms with Gasteiger partial charge in [0.25, 0.3) is 0 Å². The fourth-order valence-electron chi connectivity index (χ4n) is 4.28. The van der Waals surface area contributed by atoms with Crippen LogP contribution in [0.4, 0.5) is 0 Å². The molecule has 4 nitrogen and oxygen atoms in total. The van der Waals surface area contributed by atoms with Gasteiger partial charge in [0.05, 0.1) is 6.04 Å². The number of hydrogen-bond donors (Lipinski definition) is 1. The third-order valence-corrected chi connectivity index (χ3v) is 5.31. The van der Waals surface area contributed by atoms with Crippen LogP contribution in [-0.2, 0) is 13.0 Å². The van der Waals surface area contributed by atoms with Crippen LogP contribution in [-0.4, -0.2) is 20.8 Å². The summed E-state index contributed by atoms with van der Waals surface area (Å²) < 4.78 is 2.42. The zero-order valence-corrected chi connectivity index (χ0v) is 11.6. The summed E-state index contributed by atoms with van der Waals surface area (Å²) in [5.41, 5.74) is 0. The molecule has 2 fully saturated rings. The number of aromatic nitrogens is 3. The second kappa shape index (κ2) is 4.89. The van der Waals surface area contributed by atoms with E-state index in [1.165, 1.54) is 63.0 Å². The summed E-state index contributed by atoms with van der Waals surface area (Å²) in [7, 11) is 0. The fourth-order valence-corrected chi connectivity index (χ4v) is 4.28. The molecule has 0 bridgehead atoms. The van der Waals surface area contributed by atoms with Crippen LogP contribution in [0.3, 0.4) is 0 Å². The van der Waals surface area contributed by atoms with Crippen LogP contribution in [0, 0.1) is 5.92 Å². The highest BCUT2D eigenvalue weighted by molar-refractivity contribution is 5.07. The smallest absolute Gasteiger partial charge is 0.150 e. The molecule has 104 valence electrons. The first-order valence-electron chi connectivity index (χ1n) is 8.10. The summed E-state index contributed by atoms with van der Waals surface area (Å²) in [5.74, 6) is 3.34. The van der Waals surface area contributed by atoms with Gasteiger partial charge in [-0.05, 0) is 38.0 Å². The average Bonchev–Trinajstić information content (AvgIpc) is 2.96. The molecule has 4 rings (SSSR count). The predicted octanol–water partition coefficient (Wildman–Crippen LogP) is 2.60. The first-order chi connectivity index (χ1) is 9.42. The van der Waals surface area contributed by atoms with E-state index in [4.69, 9.17) is 0 Å². The largest absolute Gasteiger partial charge is 0.314 e. The molecular formula is C15H24N4. The zero-order valence-electron chi connectivity index (χ0n) is 11.6. The van der Waals surface area contributed by atoms with E-state index in [1.807, 2.05) is 0 Å². The number of hydrogen-bond acceptors (Lipinski definition) is 3. The Morgan fingerprint density at radius 3 is 2.89 bits per heavy atom. The molecule has 1 aromatic rings. The van der Waals surface area contributed by atoms with Gasteiger partial charge in [-0.1, -0.05) is 19.3 Å². The Kier molecular flexibility index (Phi) is 3.06. The van der Waals surface area contributed by atoms with Gasteiger partial charge < -0.3 is 9.88 Å². The standard InChI is InChI=1S/C15H24N4/c1-2-8-14-17-18-15(19(14)9-5-1)13-10-11-6-3-4-7-12(11)16-13/h11-13,16H,1-10H2. The molecule has 1 aliphatic carbocycles. The van der Waals surface area contributed by atoms with Gasteiger partial charge in [0.15, 0.2) is 0 Å². The van der Waals surface area contributed by atoms with Crippen molar-refractivity contribution in [3.63, 3.8) is 0 Å². The number of nitrogens with one attached hydrogen (secondary N) is 1. The molecule has 1 N–H and O–H groups in total. The molecule has 3 aliphatic rings. The lowest BCUT2D eigenvalue weighted by molar-refractivity contribution is 0.325. The molecule has 3 unspecified atom stereocenters. The molecule has 0 amide bonds. The van der Waals surface area contributed by atoms with Gasteiger partial charge in [-0.2, -0.15) is 0 Å². The van der Waals surface area contributed by atoms with Gasteiger partial charge in [0.1, 0.15) is 11.6 Å². The molecule has 0 radical (unpaired) electrons. The van der Waals surface area contributed by atoms with Crippen molar-refractivity contribution in [1.82, 2.24) is 20.1 Å². The summed E-state index contributed by atoms with van der Waals surface area (Å²) >= 11 is 0. The topological polar surface area (TPSA) is 42.7 Å². The summed E-state index contributed by atoms with van der Waals surface area (Å²) in [6.07, 6.45) is 11.9. The average molecular weight is 260 g/mol. The normalized spacial score (nSPS) is 34.6. The number of nitrogens with zero attached hydrogens (tertiary/aromatic N) is 3. The lowest BCUT2D eigenvalue weighted by atomic mass is 9.85. The van der Waals surface area contributed by atoms with Crippen LogP contribution in [0.5, 0.6) is 0 Å². The Labute approximate surface area is 115 Å². The lowest BCUT2D eigenvalue weighted by Crippen LogP contribution is -2.31. The van der Waals surface area contributed by atoms with Gasteiger partial charge in [-0.3, -0.25) is 0 Å². The van der Waals surface area contributed by atoms with E-state index < -0.39 is 0 Å². The van der Waals surface area contributed by atoms with E-state index in [0.717, 1.165) is 24.9 Å². The van der Waals surface area contributed by atoms with Crippen molar-refractivity contribution in [2.24, 2.45) is 5.92 Å². The summed E-state index contributed by atoms with van der Waals surface area (Å²) in [4.78, 5) is 0. The van der Waals surface area contributed by atoms with Crippen LogP contribution in [0.1, 0.15) is 69.1 Å². The van der Waals surface area contributed by atoms with E-state index in [1.54, 1.807) is 0 Å². The Morgan fingerprint density at radius 2 is 1.95 bits per heavy atom. The third kappa shape index (κ3) is 2.10. The third-order valence-electron chi connectivity index (χ3n) is 5.31. The Bertz CT molecular complexity index is 439. The fraction of sp³-hybridized carbons (Fsp3) is 0.867. The first-order valence-corrected chi connectivity index (χ1v) is 8.10. The van der Waals surface area contributed by atoms with Crippen molar-refractivity contribution in [1.29, 1.82) is 0 Å². The quantitative estimate of drug-likeness (QED) is 0.844. The van der Waals surface area contributed by atoms with Crippen LogP contribution >= 0.6 is 0 Å². The van der Waals surface area contributed by atoms with E-state index in [-0.39, 0.29) is 0 Å². The van der Waals surface area contributed by atoms with Crippen molar-refractivity contribution in [3.05, 3.63) is 11.6 Å².